The second-order valence-corrected chi connectivity index (χ2v) is 5.39. The third-order valence-electron chi connectivity index (χ3n) is 3.39. The van der Waals surface area contributed by atoms with E-state index in [-0.39, 0.29) is 16.5 Å². The van der Waals surface area contributed by atoms with Gasteiger partial charge in [-0.3, -0.25) is 9.69 Å². The summed E-state index contributed by atoms with van der Waals surface area (Å²) in [6, 6.07) is -0.965. The lowest BCUT2D eigenvalue weighted by Crippen LogP contribution is -2.50. The molecule has 0 radical (unpaired) electrons. The summed E-state index contributed by atoms with van der Waals surface area (Å²) < 4.78 is 5.60. The third kappa shape index (κ3) is 2.17. The van der Waals surface area contributed by atoms with E-state index >= 15 is 0 Å². The van der Waals surface area contributed by atoms with Crippen LogP contribution in [0, 0.1) is 0 Å². The van der Waals surface area contributed by atoms with Crippen LogP contribution in [0.1, 0.15) is 0 Å². The number of hydrogen-bond donors (Lipinski definition) is 4. The van der Waals surface area contributed by atoms with Gasteiger partial charge in [-0.15, -0.1) is 0 Å². The Labute approximate surface area is 126 Å². The van der Waals surface area contributed by atoms with Crippen molar-refractivity contribution in [3.8, 4) is 0 Å². The monoisotopic (exact) mass is 361 g/mol. The lowest BCUT2D eigenvalue weighted by molar-refractivity contribution is -0.117. The summed E-state index contributed by atoms with van der Waals surface area (Å²) in [5, 5.41) is 29.0. The zero-order valence-corrected chi connectivity index (χ0v) is 12.1. The summed E-state index contributed by atoms with van der Waals surface area (Å²) in [6.07, 6.45) is -4.60. The summed E-state index contributed by atoms with van der Waals surface area (Å²) in [4.78, 5) is 24.6. The number of nitrogens with two attached hydrogens (primary N) is 1. The number of rotatable bonds is 2. The van der Waals surface area contributed by atoms with Crippen LogP contribution in [0.15, 0.2) is 15.0 Å². The molecular formula is C10H12BrN5O5. The number of aliphatic imine (C=N–C) groups is 3. The highest BCUT2D eigenvalue weighted by atomic mass is 79.9. The maximum Gasteiger partial charge on any atom is 0.281 e. The molecule has 0 spiro atoms. The van der Waals surface area contributed by atoms with E-state index in [1.54, 1.807) is 0 Å². The molecule has 0 saturated carbocycles. The molecule has 10 nitrogen and oxygen atoms in total. The van der Waals surface area contributed by atoms with Crippen LogP contribution >= 0.6 is 15.9 Å². The number of aliphatic hydroxyl groups is 3. The zero-order valence-electron chi connectivity index (χ0n) is 10.5. The molecule has 0 bridgehead atoms. The molecule has 1 saturated heterocycles. The molecule has 3 aliphatic rings. The second-order valence-electron chi connectivity index (χ2n) is 4.68. The third-order valence-corrected chi connectivity index (χ3v) is 3.97. The Kier molecular flexibility index (Phi) is 3.53. The van der Waals surface area contributed by atoms with Crippen molar-refractivity contribution in [1.29, 1.82) is 0 Å². The van der Waals surface area contributed by atoms with Crippen LogP contribution in [0.4, 0.5) is 0 Å². The van der Waals surface area contributed by atoms with E-state index in [0.29, 0.717) is 0 Å². The van der Waals surface area contributed by atoms with Crippen molar-refractivity contribution in [3.63, 3.8) is 0 Å². The van der Waals surface area contributed by atoms with E-state index in [2.05, 4.69) is 30.9 Å². The average Bonchev–Trinajstić information content (AvgIpc) is 2.89. The molecule has 0 aromatic rings. The van der Waals surface area contributed by atoms with E-state index in [1.807, 2.05) is 0 Å². The predicted molar refractivity (Wildman–Crippen MR) is 73.8 cm³/mol. The molecular weight excluding hydrogens is 350 g/mol. The van der Waals surface area contributed by atoms with Crippen LogP contribution in [0.2, 0.25) is 0 Å². The average molecular weight is 362 g/mol. The first-order chi connectivity index (χ1) is 9.93. The summed E-state index contributed by atoms with van der Waals surface area (Å²) in [6.45, 7) is -0.463. The topological polar surface area (TPSA) is 153 Å². The van der Waals surface area contributed by atoms with Gasteiger partial charge in [-0.25, -0.2) is 4.99 Å². The van der Waals surface area contributed by atoms with Gasteiger partial charge in [-0.05, 0) is 15.9 Å². The molecule has 0 unspecified atom stereocenters. The van der Waals surface area contributed by atoms with Gasteiger partial charge >= 0.3 is 0 Å². The Bertz CT molecular complexity index is 578. The Morgan fingerprint density at radius 2 is 2.05 bits per heavy atom. The van der Waals surface area contributed by atoms with Gasteiger partial charge in [0.2, 0.25) is 5.96 Å². The fourth-order valence-electron chi connectivity index (χ4n) is 2.38. The van der Waals surface area contributed by atoms with Crippen LogP contribution < -0.4 is 5.73 Å². The van der Waals surface area contributed by atoms with Gasteiger partial charge in [0.15, 0.2) is 22.9 Å². The number of carbonyl (C=O) groups is 1. The van der Waals surface area contributed by atoms with Crippen molar-refractivity contribution in [1.82, 2.24) is 4.90 Å². The first-order valence-electron chi connectivity index (χ1n) is 6.05. The number of carbonyl (C=O) groups excluding carboxylic acids is 1. The van der Waals surface area contributed by atoms with Gasteiger partial charge in [-0.2, -0.15) is 9.98 Å². The lowest BCUT2D eigenvalue weighted by Gasteiger charge is -2.28. The van der Waals surface area contributed by atoms with Crippen molar-refractivity contribution in [2.24, 2.45) is 20.7 Å². The Hall–Kier alpha value is -1.40. The SMILES string of the molecule is NC1=NC(=O)[C@@H]2N=C(Br)N([C@@H]3O[C@H](CO)[C@@H](O)[C@H]3O)C2=N1. The van der Waals surface area contributed by atoms with Crippen molar-refractivity contribution < 1.29 is 24.9 Å². The molecule has 3 rings (SSSR count). The molecule has 0 aromatic heterocycles. The smallest absolute Gasteiger partial charge is 0.281 e. The molecule has 0 aromatic carbocycles. The number of fused-ring (bicyclic) bond motifs is 1. The van der Waals surface area contributed by atoms with Crippen LogP contribution in [-0.4, -0.2) is 79.9 Å². The Balaban J connectivity index is 1.94. The van der Waals surface area contributed by atoms with E-state index in [1.165, 1.54) is 4.90 Å². The summed E-state index contributed by atoms with van der Waals surface area (Å²) in [5.74, 6) is -0.654. The molecule has 21 heavy (non-hydrogen) atoms. The molecule has 114 valence electrons. The standard InChI is InChI=1S/C10H12BrN5O5/c11-9-13-3-6(14-10(12)15-7(3)20)16(9)8-5(19)4(18)2(1-17)21-8/h2-5,8,17-19H,1H2,(H2,12,15,20)/t2-,3-,4-,5-,8-/m1/s1. The number of amidine groups is 2. The first kappa shape index (κ1) is 14.5. The highest BCUT2D eigenvalue weighted by Gasteiger charge is 2.51. The van der Waals surface area contributed by atoms with Gasteiger partial charge in [0.05, 0.1) is 6.61 Å². The van der Waals surface area contributed by atoms with Gasteiger partial charge in [0.1, 0.15) is 18.3 Å². The lowest BCUT2D eigenvalue weighted by atomic mass is 10.1. The van der Waals surface area contributed by atoms with Crippen molar-refractivity contribution in [2.75, 3.05) is 6.61 Å². The maximum atomic E-state index is 11.8. The van der Waals surface area contributed by atoms with Crippen molar-refractivity contribution in [2.45, 2.75) is 30.6 Å². The summed E-state index contributed by atoms with van der Waals surface area (Å²) in [5.41, 5.74) is 5.46. The van der Waals surface area contributed by atoms with Gasteiger partial charge < -0.3 is 25.8 Å². The first-order valence-corrected chi connectivity index (χ1v) is 6.85. The molecule has 1 fully saturated rings. The fourth-order valence-corrected chi connectivity index (χ4v) is 2.97. The number of ether oxygens (including phenoxy) is 1. The van der Waals surface area contributed by atoms with E-state index < -0.39 is 43.1 Å². The van der Waals surface area contributed by atoms with Crippen LogP contribution in [-0.2, 0) is 9.53 Å². The summed E-state index contributed by atoms with van der Waals surface area (Å²) >= 11 is 3.16. The maximum absolute atomic E-state index is 11.8. The highest BCUT2D eigenvalue weighted by Crippen LogP contribution is 2.30. The molecule has 1 amide bonds. The zero-order chi connectivity index (χ0) is 15.3. The molecule has 11 heteroatoms. The van der Waals surface area contributed by atoms with E-state index in [9.17, 15) is 15.0 Å². The van der Waals surface area contributed by atoms with E-state index in [0.717, 1.165) is 0 Å². The molecule has 5 N–H and O–H groups in total. The van der Waals surface area contributed by atoms with Crippen molar-refractivity contribution in [3.05, 3.63) is 0 Å². The number of amides is 1. The second kappa shape index (κ2) is 5.10. The van der Waals surface area contributed by atoms with Gasteiger partial charge in [0, 0.05) is 0 Å². The number of guanidine groups is 1. The molecule has 5 atom stereocenters. The highest BCUT2D eigenvalue weighted by molar-refractivity contribution is 9.18. The quantitative estimate of drug-likeness (QED) is 0.385. The number of halogens is 1. The van der Waals surface area contributed by atoms with Crippen LogP contribution in [0.25, 0.3) is 0 Å². The van der Waals surface area contributed by atoms with Crippen LogP contribution in [0.3, 0.4) is 0 Å². The normalized spacial score (nSPS) is 39.0. The minimum absolute atomic E-state index is 0.147. The van der Waals surface area contributed by atoms with Crippen molar-refractivity contribution >= 4 is 38.4 Å². The van der Waals surface area contributed by atoms with Gasteiger partial charge in [0.25, 0.3) is 5.91 Å². The van der Waals surface area contributed by atoms with E-state index in [4.69, 9.17) is 15.6 Å². The van der Waals surface area contributed by atoms with Crippen LogP contribution in [0.5, 0.6) is 0 Å². The molecule has 3 heterocycles. The number of aliphatic hydroxyl groups excluding tert-OH is 3. The fraction of sp³-hybridized carbons (Fsp3) is 0.600. The van der Waals surface area contributed by atoms with Gasteiger partial charge in [-0.1, -0.05) is 0 Å². The Morgan fingerprint density at radius 1 is 1.33 bits per heavy atom. The molecule has 0 aliphatic carbocycles. The molecule has 3 aliphatic heterocycles. The number of hydrogen-bond acceptors (Lipinski definition) is 9. The predicted octanol–water partition coefficient (Wildman–Crippen LogP) is -2.89. The Morgan fingerprint density at radius 3 is 2.67 bits per heavy atom. The minimum Gasteiger partial charge on any atom is -0.394 e. The summed E-state index contributed by atoms with van der Waals surface area (Å²) in [7, 11) is 0. The largest absolute Gasteiger partial charge is 0.394 e. The minimum atomic E-state index is -1.32. The number of nitrogens with zero attached hydrogens (tertiary/aromatic N) is 4.